The molecule has 4 rings (SSSR count). The standard InChI is InChI=1S/C31H27Cl2N3O4/c1-3-40-29(37)14-15-34-31(39)28-13-6-21(18-35-28)27-17-23(33)8-12-26(27)30(38)36-24-9-4-20(5-10-24)25-11-7-22(32)16-19(25)2/h4-13,16-18H,3,14-15H2,1-2H3,(H,34,39)(H,36,38). The maximum atomic E-state index is 13.3. The summed E-state index contributed by atoms with van der Waals surface area (Å²) in [5.74, 6) is -1.12. The minimum absolute atomic E-state index is 0.0716. The average Bonchev–Trinajstić information content (AvgIpc) is 2.94. The molecule has 3 aromatic carbocycles. The molecule has 0 atom stereocenters. The van der Waals surface area contributed by atoms with Gasteiger partial charge < -0.3 is 15.4 Å². The second kappa shape index (κ2) is 13.2. The summed E-state index contributed by atoms with van der Waals surface area (Å²) in [5, 5.41) is 6.71. The van der Waals surface area contributed by atoms with Gasteiger partial charge in [0.2, 0.25) is 0 Å². The third-order valence-corrected chi connectivity index (χ3v) is 6.57. The van der Waals surface area contributed by atoms with Crippen LogP contribution in [0.4, 0.5) is 5.69 Å². The van der Waals surface area contributed by atoms with Crippen LogP contribution in [0.1, 0.15) is 39.8 Å². The monoisotopic (exact) mass is 575 g/mol. The number of carbonyl (C=O) groups excluding carboxylic acids is 3. The van der Waals surface area contributed by atoms with E-state index < -0.39 is 5.91 Å². The Labute approximate surface area is 242 Å². The number of esters is 1. The number of nitrogens with zero attached hydrogens (tertiary/aromatic N) is 1. The van der Waals surface area contributed by atoms with Crippen molar-refractivity contribution >= 4 is 46.7 Å². The summed E-state index contributed by atoms with van der Waals surface area (Å²) < 4.78 is 4.85. The number of anilines is 1. The molecule has 0 aliphatic rings. The Morgan fingerprint density at radius 1 is 0.825 bits per heavy atom. The number of aromatic nitrogens is 1. The van der Waals surface area contributed by atoms with Gasteiger partial charge in [-0.25, -0.2) is 0 Å². The highest BCUT2D eigenvalue weighted by Crippen LogP contribution is 2.29. The average molecular weight is 576 g/mol. The molecule has 0 radical (unpaired) electrons. The zero-order valence-electron chi connectivity index (χ0n) is 22.0. The first-order valence-corrected chi connectivity index (χ1v) is 13.4. The number of hydrogen-bond donors (Lipinski definition) is 2. The Morgan fingerprint density at radius 2 is 1.52 bits per heavy atom. The van der Waals surface area contributed by atoms with Gasteiger partial charge in [0.15, 0.2) is 0 Å². The van der Waals surface area contributed by atoms with Gasteiger partial charge in [-0.1, -0.05) is 47.5 Å². The van der Waals surface area contributed by atoms with Gasteiger partial charge in [-0.3, -0.25) is 19.4 Å². The van der Waals surface area contributed by atoms with Gasteiger partial charge in [-0.2, -0.15) is 0 Å². The quantitative estimate of drug-likeness (QED) is 0.210. The fourth-order valence-electron chi connectivity index (χ4n) is 4.13. The van der Waals surface area contributed by atoms with E-state index in [9.17, 15) is 14.4 Å². The second-order valence-electron chi connectivity index (χ2n) is 8.92. The maximum Gasteiger partial charge on any atom is 0.307 e. The molecule has 1 heterocycles. The van der Waals surface area contributed by atoms with Crippen molar-refractivity contribution in [3.8, 4) is 22.3 Å². The molecule has 0 aliphatic heterocycles. The number of pyridine rings is 1. The number of aryl methyl sites for hydroxylation is 1. The van der Waals surface area contributed by atoms with Gasteiger partial charge in [0, 0.05) is 39.6 Å². The van der Waals surface area contributed by atoms with Crippen LogP contribution in [0.2, 0.25) is 10.0 Å². The molecule has 2 amide bonds. The van der Waals surface area contributed by atoms with E-state index in [-0.39, 0.29) is 37.1 Å². The Bertz CT molecular complexity index is 1540. The Morgan fingerprint density at radius 3 is 2.20 bits per heavy atom. The zero-order chi connectivity index (χ0) is 28.6. The van der Waals surface area contributed by atoms with Crippen LogP contribution in [0.15, 0.2) is 79.0 Å². The lowest BCUT2D eigenvalue weighted by molar-refractivity contribution is -0.142. The number of rotatable bonds is 9. The van der Waals surface area contributed by atoms with Crippen molar-refractivity contribution in [3.63, 3.8) is 0 Å². The van der Waals surface area contributed by atoms with Gasteiger partial charge >= 0.3 is 5.97 Å². The molecule has 40 heavy (non-hydrogen) atoms. The topological polar surface area (TPSA) is 97.4 Å². The largest absolute Gasteiger partial charge is 0.466 e. The third kappa shape index (κ3) is 7.25. The van der Waals surface area contributed by atoms with E-state index in [1.165, 1.54) is 6.20 Å². The van der Waals surface area contributed by atoms with Crippen molar-refractivity contribution in [3.05, 3.63) is 106 Å². The molecule has 1 aromatic heterocycles. The molecule has 0 saturated heterocycles. The van der Waals surface area contributed by atoms with Crippen LogP contribution < -0.4 is 10.6 Å². The zero-order valence-corrected chi connectivity index (χ0v) is 23.5. The number of amides is 2. The smallest absolute Gasteiger partial charge is 0.307 e. The summed E-state index contributed by atoms with van der Waals surface area (Å²) >= 11 is 12.3. The summed E-state index contributed by atoms with van der Waals surface area (Å²) in [6.07, 6.45) is 1.58. The molecule has 204 valence electrons. The molecule has 4 aromatic rings. The molecule has 0 aliphatic carbocycles. The van der Waals surface area contributed by atoms with E-state index in [1.54, 1.807) is 37.3 Å². The van der Waals surface area contributed by atoms with E-state index in [0.717, 1.165) is 16.7 Å². The highest BCUT2D eigenvalue weighted by Gasteiger charge is 2.16. The first-order valence-electron chi connectivity index (χ1n) is 12.6. The third-order valence-electron chi connectivity index (χ3n) is 6.10. The van der Waals surface area contributed by atoms with Gasteiger partial charge in [0.05, 0.1) is 13.0 Å². The Balaban J connectivity index is 1.47. The maximum absolute atomic E-state index is 13.3. The van der Waals surface area contributed by atoms with Gasteiger partial charge in [-0.05, 0) is 84.6 Å². The SMILES string of the molecule is CCOC(=O)CCNC(=O)c1ccc(-c2cc(Cl)ccc2C(=O)Nc2ccc(-c3ccc(Cl)cc3C)cc2)cn1. The highest BCUT2D eigenvalue weighted by molar-refractivity contribution is 6.31. The van der Waals surface area contributed by atoms with Crippen molar-refractivity contribution < 1.29 is 19.1 Å². The van der Waals surface area contributed by atoms with Crippen LogP contribution in [0.5, 0.6) is 0 Å². The van der Waals surface area contributed by atoms with E-state index in [0.29, 0.717) is 32.4 Å². The Kier molecular flexibility index (Phi) is 9.53. The lowest BCUT2D eigenvalue weighted by Crippen LogP contribution is -2.27. The minimum atomic E-state index is -0.419. The molecular weight excluding hydrogens is 549 g/mol. The van der Waals surface area contributed by atoms with Crippen molar-refractivity contribution in [1.29, 1.82) is 0 Å². The van der Waals surface area contributed by atoms with Gasteiger partial charge in [0.1, 0.15) is 5.69 Å². The normalized spacial score (nSPS) is 10.6. The van der Waals surface area contributed by atoms with E-state index in [2.05, 4.69) is 15.6 Å². The van der Waals surface area contributed by atoms with Crippen molar-refractivity contribution in [2.24, 2.45) is 0 Å². The molecule has 0 saturated carbocycles. The van der Waals surface area contributed by atoms with Crippen LogP contribution in [0.3, 0.4) is 0 Å². The first-order chi connectivity index (χ1) is 19.2. The summed E-state index contributed by atoms with van der Waals surface area (Å²) in [4.78, 5) is 41.4. The predicted octanol–water partition coefficient (Wildman–Crippen LogP) is 6.97. The summed E-state index contributed by atoms with van der Waals surface area (Å²) in [7, 11) is 0. The summed E-state index contributed by atoms with van der Waals surface area (Å²) in [6, 6.07) is 21.5. The first kappa shape index (κ1) is 28.8. The van der Waals surface area contributed by atoms with Crippen LogP contribution in [-0.2, 0) is 9.53 Å². The van der Waals surface area contributed by atoms with Crippen LogP contribution in [-0.4, -0.2) is 35.9 Å². The van der Waals surface area contributed by atoms with Gasteiger partial charge in [0.25, 0.3) is 11.8 Å². The van der Waals surface area contributed by atoms with E-state index in [4.69, 9.17) is 27.9 Å². The number of carbonyl (C=O) groups is 3. The van der Waals surface area contributed by atoms with E-state index >= 15 is 0 Å². The number of hydrogen-bond acceptors (Lipinski definition) is 5. The summed E-state index contributed by atoms with van der Waals surface area (Å²) in [6.45, 7) is 4.15. The van der Waals surface area contributed by atoms with Crippen molar-refractivity contribution in [2.45, 2.75) is 20.3 Å². The summed E-state index contributed by atoms with van der Waals surface area (Å²) in [5.41, 5.74) is 5.52. The minimum Gasteiger partial charge on any atom is -0.466 e. The fraction of sp³-hybridized carbons (Fsp3) is 0.161. The number of nitrogens with one attached hydrogen (secondary N) is 2. The van der Waals surface area contributed by atoms with E-state index in [1.807, 2.05) is 49.4 Å². The lowest BCUT2D eigenvalue weighted by atomic mass is 9.99. The number of benzene rings is 3. The van der Waals surface area contributed by atoms with Gasteiger partial charge in [-0.15, -0.1) is 0 Å². The second-order valence-corrected chi connectivity index (χ2v) is 9.80. The lowest BCUT2D eigenvalue weighted by Gasteiger charge is -2.12. The van der Waals surface area contributed by atoms with Crippen LogP contribution in [0.25, 0.3) is 22.3 Å². The fourth-order valence-corrected chi connectivity index (χ4v) is 4.52. The molecule has 0 unspecified atom stereocenters. The Hall–Kier alpha value is -4.20. The predicted molar refractivity (Wildman–Crippen MR) is 158 cm³/mol. The molecule has 9 heteroatoms. The molecule has 0 bridgehead atoms. The molecule has 0 spiro atoms. The van der Waals surface area contributed by atoms with Crippen LogP contribution in [0, 0.1) is 6.92 Å². The molecule has 0 fully saturated rings. The molecule has 2 N–H and O–H groups in total. The highest BCUT2D eigenvalue weighted by atomic mass is 35.5. The molecular formula is C31H27Cl2N3O4. The number of ether oxygens (including phenoxy) is 1. The van der Waals surface area contributed by atoms with Crippen molar-refractivity contribution in [2.75, 3.05) is 18.5 Å². The van der Waals surface area contributed by atoms with Crippen molar-refractivity contribution in [1.82, 2.24) is 10.3 Å². The van der Waals surface area contributed by atoms with Crippen LogP contribution >= 0.6 is 23.2 Å². The number of halogens is 2. The molecule has 7 nitrogen and oxygen atoms in total.